The zero-order valence-corrected chi connectivity index (χ0v) is 19.7. The van der Waals surface area contributed by atoms with Gasteiger partial charge in [-0.05, 0) is 38.0 Å². The fourth-order valence-electron chi connectivity index (χ4n) is 2.98. The zero-order valence-electron chi connectivity index (χ0n) is 16.6. The Bertz CT molecular complexity index is 761. The van der Waals surface area contributed by atoms with Crippen LogP contribution in [0.5, 0.6) is 0 Å². The number of halogens is 2. The van der Waals surface area contributed by atoms with E-state index < -0.39 is 15.8 Å². The number of aliphatic imine (C=N–C) groups is 1. The lowest BCUT2D eigenvalue weighted by Crippen LogP contribution is -2.40. The first-order valence-corrected chi connectivity index (χ1v) is 10.8. The number of nitrogens with one attached hydrogen (secondary N) is 2. The molecule has 2 rings (SSSR count). The van der Waals surface area contributed by atoms with E-state index in [0.717, 1.165) is 19.5 Å². The monoisotopic (exact) mass is 528 g/mol. The van der Waals surface area contributed by atoms with Gasteiger partial charge in [-0.2, -0.15) is 0 Å². The molecular weight excluding hydrogens is 498 g/mol. The molecule has 2 N–H and O–H groups in total. The second-order valence-corrected chi connectivity index (χ2v) is 8.52. The molecule has 0 aliphatic carbocycles. The molecule has 1 atom stereocenters. The topological polar surface area (TPSA) is 83.0 Å². The minimum absolute atomic E-state index is 0. The van der Waals surface area contributed by atoms with Crippen molar-refractivity contribution in [3.05, 3.63) is 29.6 Å². The van der Waals surface area contributed by atoms with Crippen molar-refractivity contribution in [2.75, 3.05) is 50.4 Å². The van der Waals surface area contributed by atoms with E-state index in [1.807, 2.05) is 6.92 Å². The van der Waals surface area contributed by atoms with Crippen LogP contribution < -0.4 is 10.0 Å². The standard InChI is InChI=1S/C18H29FN4O3S.HI/c1-4-20-18(23-9-7-15(12-23)13-26-3)21-8-10-27(24,25)22-16-6-5-14(2)17(19)11-16;/h5-6,11,15,22H,4,7-10,12-13H2,1-3H3,(H,20,21);1H. The minimum Gasteiger partial charge on any atom is -0.384 e. The summed E-state index contributed by atoms with van der Waals surface area (Å²) in [4.78, 5) is 6.57. The van der Waals surface area contributed by atoms with Crippen LogP contribution in [0.1, 0.15) is 18.9 Å². The van der Waals surface area contributed by atoms with E-state index in [-0.39, 0.29) is 42.0 Å². The molecule has 160 valence electrons. The molecule has 0 bridgehead atoms. The number of hydrogen-bond acceptors (Lipinski definition) is 4. The fraction of sp³-hybridized carbons (Fsp3) is 0.611. The van der Waals surface area contributed by atoms with Gasteiger partial charge in [-0.25, -0.2) is 12.8 Å². The van der Waals surface area contributed by atoms with Crippen LogP contribution in [0.3, 0.4) is 0 Å². The van der Waals surface area contributed by atoms with Crippen molar-refractivity contribution in [2.24, 2.45) is 10.9 Å². The lowest BCUT2D eigenvalue weighted by Gasteiger charge is -2.21. The largest absolute Gasteiger partial charge is 0.384 e. The number of anilines is 1. The molecule has 1 aromatic carbocycles. The molecule has 0 radical (unpaired) electrons. The van der Waals surface area contributed by atoms with Gasteiger partial charge in [-0.3, -0.25) is 9.71 Å². The third-order valence-corrected chi connectivity index (χ3v) is 5.66. The summed E-state index contributed by atoms with van der Waals surface area (Å²) < 4.78 is 45.7. The Kier molecular flexibility index (Phi) is 10.5. The van der Waals surface area contributed by atoms with Gasteiger partial charge >= 0.3 is 0 Å². The molecule has 1 aliphatic rings. The molecule has 10 heteroatoms. The van der Waals surface area contributed by atoms with Crippen molar-refractivity contribution in [3.63, 3.8) is 0 Å². The second-order valence-electron chi connectivity index (χ2n) is 6.68. The molecule has 1 unspecified atom stereocenters. The molecular formula is C18H30FIN4O3S. The maximum Gasteiger partial charge on any atom is 0.234 e. The molecule has 0 amide bonds. The Hall–Kier alpha value is -1.14. The van der Waals surface area contributed by atoms with Crippen molar-refractivity contribution >= 4 is 45.6 Å². The van der Waals surface area contributed by atoms with Gasteiger partial charge in [0, 0.05) is 32.7 Å². The molecule has 28 heavy (non-hydrogen) atoms. The number of rotatable bonds is 8. The molecule has 0 saturated carbocycles. The predicted molar refractivity (Wildman–Crippen MR) is 121 cm³/mol. The van der Waals surface area contributed by atoms with Crippen LogP contribution in [0.2, 0.25) is 0 Å². The van der Waals surface area contributed by atoms with Gasteiger partial charge in [-0.15, -0.1) is 24.0 Å². The van der Waals surface area contributed by atoms with Gasteiger partial charge in [0.2, 0.25) is 10.0 Å². The molecule has 1 aliphatic heterocycles. The third kappa shape index (κ3) is 7.70. The fourth-order valence-corrected chi connectivity index (χ4v) is 3.90. The maximum absolute atomic E-state index is 13.6. The molecule has 0 aromatic heterocycles. The average Bonchev–Trinajstić information content (AvgIpc) is 3.06. The van der Waals surface area contributed by atoms with Crippen molar-refractivity contribution in [1.29, 1.82) is 0 Å². The second kappa shape index (κ2) is 11.8. The average molecular weight is 528 g/mol. The Morgan fingerprint density at radius 2 is 2.18 bits per heavy atom. The van der Waals surface area contributed by atoms with E-state index >= 15 is 0 Å². The quantitative estimate of drug-likeness (QED) is 0.308. The molecule has 0 spiro atoms. The molecule has 1 fully saturated rings. The van der Waals surface area contributed by atoms with Gasteiger partial charge in [0.25, 0.3) is 0 Å². The number of likely N-dealkylation sites (tertiary alicyclic amines) is 1. The van der Waals surface area contributed by atoms with Crippen molar-refractivity contribution in [1.82, 2.24) is 10.2 Å². The minimum atomic E-state index is -3.61. The van der Waals surface area contributed by atoms with Crippen LogP contribution >= 0.6 is 24.0 Å². The summed E-state index contributed by atoms with van der Waals surface area (Å²) in [6, 6.07) is 4.27. The maximum atomic E-state index is 13.6. The highest BCUT2D eigenvalue weighted by Gasteiger charge is 2.24. The van der Waals surface area contributed by atoms with Crippen LogP contribution in [0.15, 0.2) is 23.2 Å². The van der Waals surface area contributed by atoms with Crippen molar-refractivity contribution < 1.29 is 17.5 Å². The van der Waals surface area contributed by atoms with Crippen LogP contribution in [-0.2, 0) is 14.8 Å². The molecule has 1 aromatic rings. The van der Waals surface area contributed by atoms with Crippen LogP contribution in [0.25, 0.3) is 0 Å². The van der Waals surface area contributed by atoms with Gasteiger partial charge in [0.1, 0.15) is 5.82 Å². The highest BCUT2D eigenvalue weighted by atomic mass is 127. The Labute approximate surface area is 184 Å². The van der Waals surface area contributed by atoms with Crippen LogP contribution in [0, 0.1) is 18.7 Å². The zero-order chi connectivity index (χ0) is 19.9. The number of ether oxygens (including phenoxy) is 1. The van der Waals surface area contributed by atoms with E-state index in [1.165, 1.54) is 6.07 Å². The smallest absolute Gasteiger partial charge is 0.234 e. The lowest BCUT2D eigenvalue weighted by molar-refractivity contribution is 0.157. The van der Waals surface area contributed by atoms with E-state index in [2.05, 4.69) is 19.9 Å². The lowest BCUT2D eigenvalue weighted by atomic mass is 10.1. The summed E-state index contributed by atoms with van der Waals surface area (Å²) in [6.45, 7) is 6.85. The Morgan fingerprint density at radius 1 is 1.43 bits per heavy atom. The number of aryl methyl sites for hydroxylation is 1. The summed E-state index contributed by atoms with van der Waals surface area (Å²) in [7, 11) is -1.91. The van der Waals surface area contributed by atoms with E-state index in [9.17, 15) is 12.8 Å². The third-order valence-electron chi connectivity index (χ3n) is 4.39. The van der Waals surface area contributed by atoms with Crippen molar-refractivity contribution in [2.45, 2.75) is 20.3 Å². The SMILES string of the molecule is CCNC(=NCCS(=O)(=O)Nc1ccc(C)c(F)c1)N1CCC(COC)C1.I. The molecule has 7 nitrogen and oxygen atoms in total. The van der Waals surface area contributed by atoms with Gasteiger partial charge in [-0.1, -0.05) is 6.07 Å². The van der Waals surface area contributed by atoms with Gasteiger partial charge in [0.15, 0.2) is 5.96 Å². The summed E-state index contributed by atoms with van der Waals surface area (Å²) in [5.41, 5.74) is 0.686. The number of nitrogens with zero attached hydrogens (tertiary/aromatic N) is 2. The number of hydrogen-bond donors (Lipinski definition) is 2. The predicted octanol–water partition coefficient (Wildman–Crippen LogP) is 2.43. The summed E-state index contributed by atoms with van der Waals surface area (Å²) in [5.74, 6) is 0.558. The Morgan fingerprint density at radius 3 is 2.82 bits per heavy atom. The Balaban J connectivity index is 0.00000392. The number of guanidine groups is 1. The molecule has 1 saturated heterocycles. The highest BCUT2D eigenvalue weighted by molar-refractivity contribution is 14.0. The normalized spacial score (nSPS) is 17.4. The first-order chi connectivity index (χ1) is 12.8. The van der Waals surface area contributed by atoms with Crippen LogP contribution in [-0.4, -0.2) is 64.9 Å². The summed E-state index contributed by atoms with van der Waals surface area (Å²) in [6.07, 6.45) is 1.02. The van der Waals surface area contributed by atoms with E-state index in [4.69, 9.17) is 4.74 Å². The highest BCUT2D eigenvalue weighted by Crippen LogP contribution is 2.17. The summed E-state index contributed by atoms with van der Waals surface area (Å²) in [5, 5.41) is 3.21. The van der Waals surface area contributed by atoms with E-state index in [0.29, 0.717) is 30.6 Å². The van der Waals surface area contributed by atoms with Crippen molar-refractivity contribution in [3.8, 4) is 0 Å². The first kappa shape index (κ1) is 24.9. The first-order valence-electron chi connectivity index (χ1n) is 9.13. The number of methoxy groups -OCH3 is 1. The number of benzene rings is 1. The van der Waals surface area contributed by atoms with E-state index in [1.54, 1.807) is 26.2 Å². The van der Waals surface area contributed by atoms with Crippen LogP contribution in [0.4, 0.5) is 10.1 Å². The number of sulfonamides is 1. The van der Waals surface area contributed by atoms with Gasteiger partial charge < -0.3 is 15.0 Å². The summed E-state index contributed by atoms with van der Waals surface area (Å²) >= 11 is 0. The molecule has 1 heterocycles. The van der Waals surface area contributed by atoms with Gasteiger partial charge in [0.05, 0.1) is 24.6 Å².